The Morgan fingerprint density at radius 1 is 1.04 bits per heavy atom. The Labute approximate surface area is 149 Å². The highest BCUT2D eigenvalue weighted by atomic mass is 19.4. The lowest BCUT2D eigenvalue weighted by Gasteiger charge is -2.28. The summed E-state index contributed by atoms with van der Waals surface area (Å²) in [5.41, 5.74) is 5.50. The molecule has 4 nitrogen and oxygen atoms in total. The standard InChI is InChI=1S/C19H19F3N2O2/c1-24(16(12-17(23)25)11-13-5-3-2-4-6-13)18(26)14-7-9-15(10-8-14)19(20,21)22/h2-10,16H,11-12H2,1H3,(H2,23,25)/t16-/m0/s1. The van der Waals surface area contributed by atoms with E-state index in [0.717, 1.165) is 29.8 Å². The van der Waals surface area contributed by atoms with Crippen molar-refractivity contribution in [1.82, 2.24) is 4.90 Å². The smallest absolute Gasteiger partial charge is 0.370 e. The van der Waals surface area contributed by atoms with Crippen LogP contribution in [-0.4, -0.2) is 29.8 Å². The minimum atomic E-state index is -4.46. The van der Waals surface area contributed by atoms with Gasteiger partial charge in [-0.2, -0.15) is 13.2 Å². The van der Waals surface area contributed by atoms with Crippen LogP contribution >= 0.6 is 0 Å². The van der Waals surface area contributed by atoms with Gasteiger partial charge in [-0.25, -0.2) is 0 Å². The monoisotopic (exact) mass is 364 g/mol. The van der Waals surface area contributed by atoms with Crippen molar-refractivity contribution in [2.45, 2.75) is 25.1 Å². The maximum absolute atomic E-state index is 12.6. The molecule has 0 saturated carbocycles. The quantitative estimate of drug-likeness (QED) is 0.855. The van der Waals surface area contributed by atoms with Gasteiger partial charge in [0.25, 0.3) is 5.91 Å². The van der Waals surface area contributed by atoms with E-state index in [1.807, 2.05) is 30.3 Å². The first-order chi connectivity index (χ1) is 12.2. The van der Waals surface area contributed by atoms with Gasteiger partial charge in [-0.1, -0.05) is 30.3 Å². The number of likely N-dealkylation sites (N-methyl/N-ethyl adjacent to an activating group) is 1. The first-order valence-electron chi connectivity index (χ1n) is 7.95. The van der Waals surface area contributed by atoms with E-state index in [0.29, 0.717) is 6.42 Å². The van der Waals surface area contributed by atoms with Gasteiger partial charge < -0.3 is 10.6 Å². The molecule has 1 atom stereocenters. The summed E-state index contributed by atoms with van der Waals surface area (Å²) in [4.78, 5) is 25.3. The Kier molecular flexibility index (Phi) is 6.02. The van der Waals surface area contributed by atoms with Crippen LogP contribution in [0.15, 0.2) is 54.6 Å². The van der Waals surface area contributed by atoms with Crippen LogP contribution in [0.1, 0.15) is 27.9 Å². The molecule has 26 heavy (non-hydrogen) atoms. The molecular weight excluding hydrogens is 345 g/mol. The number of primary amides is 1. The lowest BCUT2D eigenvalue weighted by Crippen LogP contribution is -2.41. The number of nitrogens with zero attached hydrogens (tertiary/aromatic N) is 1. The summed E-state index contributed by atoms with van der Waals surface area (Å²) in [7, 11) is 1.51. The summed E-state index contributed by atoms with van der Waals surface area (Å²) in [5, 5.41) is 0. The van der Waals surface area contributed by atoms with E-state index < -0.39 is 29.6 Å². The van der Waals surface area contributed by atoms with Gasteiger partial charge in [-0.05, 0) is 36.2 Å². The van der Waals surface area contributed by atoms with Gasteiger partial charge in [0.05, 0.1) is 5.56 Å². The number of benzene rings is 2. The molecule has 0 bridgehead atoms. The minimum Gasteiger partial charge on any atom is -0.370 e. The number of rotatable bonds is 6. The Morgan fingerprint density at radius 2 is 1.62 bits per heavy atom. The summed E-state index contributed by atoms with van der Waals surface area (Å²) in [5.74, 6) is -1.03. The fourth-order valence-corrected chi connectivity index (χ4v) is 2.64. The first-order valence-corrected chi connectivity index (χ1v) is 7.95. The van der Waals surface area contributed by atoms with Crippen LogP contribution in [0.25, 0.3) is 0 Å². The summed E-state index contributed by atoms with van der Waals surface area (Å²) < 4.78 is 37.9. The van der Waals surface area contributed by atoms with Crippen LogP contribution in [0.4, 0.5) is 13.2 Å². The molecule has 0 fully saturated rings. The number of hydrogen-bond donors (Lipinski definition) is 1. The molecule has 138 valence electrons. The number of nitrogens with two attached hydrogens (primary N) is 1. The predicted octanol–water partition coefficient (Wildman–Crippen LogP) is 3.26. The Balaban J connectivity index is 2.19. The average molecular weight is 364 g/mol. The molecule has 2 aromatic rings. The van der Waals surface area contributed by atoms with E-state index in [-0.39, 0.29) is 12.0 Å². The Morgan fingerprint density at radius 3 is 2.12 bits per heavy atom. The Hall–Kier alpha value is -2.83. The van der Waals surface area contributed by atoms with Gasteiger partial charge in [0, 0.05) is 25.1 Å². The Bertz CT molecular complexity index is 759. The average Bonchev–Trinajstić information content (AvgIpc) is 2.60. The maximum Gasteiger partial charge on any atom is 0.416 e. The zero-order valence-corrected chi connectivity index (χ0v) is 14.2. The fraction of sp³-hybridized carbons (Fsp3) is 0.263. The van der Waals surface area contributed by atoms with Gasteiger partial charge in [-0.15, -0.1) is 0 Å². The minimum absolute atomic E-state index is 0.0439. The molecule has 2 rings (SSSR count). The maximum atomic E-state index is 12.6. The largest absolute Gasteiger partial charge is 0.416 e. The number of alkyl halides is 3. The summed E-state index contributed by atoms with van der Waals surface area (Å²) in [6.45, 7) is 0. The fourth-order valence-electron chi connectivity index (χ4n) is 2.64. The molecule has 0 aromatic heterocycles. The van der Waals surface area contributed by atoms with Crippen LogP contribution in [0, 0.1) is 0 Å². The number of hydrogen-bond acceptors (Lipinski definition) is 2. The van der Waals surface area contributed by atoms with E-state index >= 15 is 0 Å². The normalized spacial score (nSPS) is 12.5. The number of carbonyl (C=O) groups is 2. The molecule has 0 aliphatic heterocycles. The van der Waals surface area contributed by atoms with E-state index in [4.69, 9.17) is 5.73 Å². The van der Waals surface area contributed by atoms with Gasteiger partial charge in [-0.3, -0.25) is 9.59 Å². The van der Waals surface area contributed by atoms with Crippen molar-refractivity contribution < 1.29 is 22.8 Å². The number of amides is 2. The number of carbonyl (C=O) groups excluding carboxylic acids is 2. The highest BCUT2D eigenvalue weighted by Gasteiger charge is 2.30. The van der Waals surface area contributed by atoms with Crippen molar-refractivity contribution in [3.63, 3.8) is 0 Å². The van der Waals surface area contributed by atoms with Gasteiger partial charge >= 0.3 is 6.18 Å². The van der Waals surface area contributed by atoms with Crippen LogP contribution in [0.2, 0.25) is 0 Å². The van der Waals surface area contributed by atoms with Crippen molar-refractivity contribution in [3.8, 4) is 0 Å². The van der Waals surface area contributed by atoms with E-state index in [1.165, 1.54) is 11.9 Å². The molecule has 0 aliphatic carbocycles. The molecule has 0 saturated heterocycles. The van der Waals surface area contributed by atoms with E-state index in [2.05, 4.69) is 0 Å². The van der Waals surface area contributed by atoms with Crippen molar-refractivity contribution in [2.75, 3.05) is 7.05 Å². The highest BCUT2D eigenvalue weighted by molar-refractivity contribution is 5.94. The third-order valence-corrected chi connectivity index (χ3v) is 4.08. The lowest BCUT2D eigenvalue weighted by atomic mass is 10.0. The summed E-state index contributed by atoms with van der Waals surface area (Å²) in [6, 6.07) is 12.8. The zero-order valence-electron chi connectivity index (χ0n) is 14.2. The third kappa shape index (κ3) is 5.08. The topological polar surface area (TPSA) is 63.4 Å². The zero-order chi connectivity index (χ0) is 19.3. The second-order valence-electron chi connectivity index (χ2n) is 6.01. The molecule has 0 heterocycles. The van der Waals surface area contributed by atoms with Crippen LogP contribution in [-0.2, 0) is 17.4 Å². The summed E-state index contributed by atoms with van der Waals surface area (Å²) >= 11 is 0. The van der Waals surface area contributed by atoms with Crippen molar-refractivity contribution in [3.05, 3.63) is 71.3 Å². The molecule has 0 unspecified atom stereocenters. The van der Waals surface area contributed by atoms with Crippen LogP contribution in [0.5, 0.6) is 0 Å². The number of halogens is 3. The molecular formula is C19H19F3N2O2. The first kappa shape index (κ1) is 19.5. The second kappa shape index (κ2) is 8.03. The van der Waals surface area contributed by atoms with Crippen LogP contribution < -0.4 is 5.73 Å². The molecule has 2 aromatic carbocycles. The predicted molar refractivity (Wildman–Crippen MR) is 91.3 cm³/mol. The third-order valence-electron chi connectivity index (χ3n) is 4.08. The molecule has 2 N–H and O–H groups in total. The lowest BCUT2D eigenvalue weighted by molar-refractivity contribution is -0.137. The van der Waals surface area contributed by atoms with E-state index in [1.54, 1.807) is 0 Å². The van der Waals surface area contributed by atoms with Crippen molar-refractivity contribution >= 4 is 11.8 Å². The van der Waals surface area contributed by atoms with Gasteiger partial charge in [0.1, 0.15) is 0 Å². The summed E-state index contributed by atoms with van der Waals surface area (Å²) in [6.07, 6.45) is -4.10. The van der Waals surface area contributed by atoms with Crippen molar-refractivity contribution in [1.29, 1.82) is 0 Å². The highest BCUT2D eigenvalue weighted by Crippen LogP contribution is 2.29. The molecule has 0 aliphatic rings. The molecule has 2 amide bonds. The second-order valence-corrected chi connectivity index (χ2v) is 6.01. The van der Waals surface area contributed by atoms with Crippen LogP contribution in [0.3, 0.4) is 0 Å². The molecule has 0 spiro atoms. The molecule has 0 radical (unpaired) electrons. The SMILES string of the molecule is CN(C(=O)c1ccc(C(F)(F)F)cc1)[C@H](CC(N)=O)Cc1ccccc1. The van der Waals surface area contributed by atoms with E-state index in [9.17, 15) is 22.8 Å². The van der Waals surface area contributed by atoms with Crippen molar-refractivity contribution in [2.24, 2.45) is 5.73 Å². The molecule has 7 heteroatoms. The van der Waals surface area contributed by atoms with Gasteiger partial charge in [0.15, 0.2) is 0 Å². The van der Waals surface area contributed by atoms with Gasteiger partial charge in [0.2, 0.25) is 5.91 Å².